The van der Waals surface area contributed by atoms with Gasteiger partial charge < -0.3 is 4.74 Å². The van der Waals surface area contributed by atoms with Gasteiger partial charge in [-0.3, -0.25) is 0 Å². The molecule has 0 aliphatic heterocycles. The molecule has 0 N–H and O–H groups in total. The van der Waals surface area contributed by atoms with Gasteiger partial charge in [-0.25, -0.2) is 4.68 Å². The van der Waals surface area contributed by atoms with Crippen molar-refractivity contribution < 1.29 is 4.74 Å². The summed E-state index contributed by atoms with van der Waals surface area (Å²) in [6.07, 6.45) is 1.69. The van der Waals surface area contributed by atoms with Gasteiger partial charge >= 0.3 is 0 Å². The Balaban J connectivity index is 0. The van der Waals surface area contributed by atoms with Crippen LogP contribution >= 0.6 is 0 Å². The lowest BCUT2D eigenvalue weighted by atomic mass is 10.7. The highest BCUT2D eigenvalue weighted by atomic mass is 16.5. The lowest BCUT2D eigenvalue weighted by Crippen LogP contribution is -1.93. The molecule has 0 fully saturated rings. The maximum atomic E-state index is 4.89. The number of rotatable bonds is 1. The number of hydrogen-bond donors (Lipinski definition) is 0. The van der Waals surface area contributed by atoms with E-state index in [9.17, 15) is 0 Å². The predicted molar refractivity (Wildman–Crippen MR) is 52.5 cm³/mol. The first kappa shape index (κ1) is 13.6. The zero-order chi connectivity index (χ0) is 9.98. The van der Waals surface area contributed by atoms with Crippen LogP contribution in [-0.2, 0) is 7.05 Å². The van der Waals surface area contributed by atoms with Crippen molar-refractivity contribution in [1.29, 1.82) is 0 Å². The van der Waals surface area contributed by atoms with Crippen LogP contribution in [0, 0.1) is 0 Å². The molecule has 0 amide bonds. The van der Waals surface area contributed by atoms with Crippen LogP contribution in [0.4, 0.5) is 0 Å². The molecule has 0 spiro atoms. The van der Waals surface area contributed by atoms with Crippen molar-refractivity contribution in [3.63, 3.8) is 0 Å². The van der Waals surface area contributed by atoms with Gasteiger partial charge in [0.25, 0.3) is 0 Å². The summed E-state index contributed by atoms with van der Waals surface area (Å²) in [5.74, 6) is 0.782. The molecule has 0 bridgehead atoms. The normalized spacial score (nSPS) is 7.17. The van der Waals surface area contributed by atoms with E-state index in [-0.39, 0.29) is 0 Å². The molecule has 0 saturated heterocycles. The minimum atomic E-state index is 0.782. The standard InChI is InChI=1S/C5H8N2O.2C2H6/c1-7-5(8-2)3-4-6-7;2*1-2/h3-4H,1-2H3;2*1-2H3. The van der Waals surface area contributed by atoms with Crippen molar-refractivity contribution in [3.05, 3.63) is 12.3 Å². The zero-order valence-electron chi connectivity index (χ0n) is 8.96. The average molecular weight is 172 g/mol. The van der Waals surface area contributed by atoms with Crippen LogP contribution in [0.5, 0.6) is 5.88 Å². The van der Waals surface area contributed by atoms with Gasteiger partial charge in [0, 0.05) is 13.1 Å². The third-order valence-corrected chi connectivity index (χ3v) is 0.985. The fourth-order valence-corrected chi connectivity index (χ4v) is 0.562. The van der Waals surface area contributed by atoms with E-state index in [2.05, 4.69) is 5.10 Å². The summed E-state index contributed by atoms with van der Waals surface area (Å²) in [4.78, 5) is 0. The van der Waals surface area contributed by atoms with E-state index in [0.717, 1.165) is 5.88 Å². The predicted octanol–water partition coefficient (Wildman–Crippen LogP) is 2.48. The monoisotopic (exact) mass is 172 g/mol. The molecule has 3 heteroatoms. The van der Waals surface area contributed by atoms with Gasteiger partial charge in [-0.2, -0.15) is 5.10 Å². The highest BCUT2D eigenvalue weighted by Gasteiger charge is 1.91. The third-order valence-electron chi connectivity index (χ3n) is 0.985. The van der Waals surface area contributed by atoms with Crippen molar-refractivity contribution in [2.45, 2.75) is 27.7 Å². The maximum absolute atomic E-state index is 4.89. The van der Waals surface area contributed by atoms with Crippen LogP contribution < -0.4 is 4.74 Å². The van der Waals surface area contributed by atoms with Crippen molar-refractivity contribution in [1.82, 2.24) is 9.78 Å². The van der Waals surface area contributed by atoms with Gasteiger partial charge in [-0.15, -0.1) is 0 Å². The minimum Gasteiger partial charge on any atom is -0.481 e. The Morgan fingerprint density at radius 2 is 1.75 bits per heavy atom. The lowest BCUT2D eigenvalue weighted by molar-refractivity contribution is 0.373. The second-order valence-electron chi connectivity index (χ2n) is 1.50. The van der Waals surface area contributed by atoms with Gasteiger partial charge in [-0.05, 0) is 0 Å². The molecule has 1 aromatic rings. The second-order valence-corrected chi connectivity index (χ2v) is 1.50. The van der Waals surface area contributed by atoms with Crippen molar-refractivity contribution in [2.24, 2.45) is 7.05 Å². The molecule has 1 rings (SSSR count). The van der Waals surface area contributed by atoms with Gasteiger partial charge in [0.15, 0.2) is 0 Å². The maximum Gasteiger partial charge on any atom is 0.211 e. The fourth-order valence-electron chi connectivity index (χ4n) is 0.562. The largest absolute Gasteiger partial charge is 0.481 e. The van der Waals surface area contributed by atoms with Crippen LogP contribution in [0.25, 0.3) is 0 Å². The number of nitrogens with zero attached hydrogens (tertiary/aromatic N) is 2. The SMILES string of the molecule is CC.CC.COc1ccnn1C. The first-order valence-corrected chi connectivity index (χ1v) is 4.36. The summed E-state index contributed by atoms with van der Waals surface area (Å²) in [6.45, 7) is 8.00. The number of aromatic nitrogens is 2. The Labute approximate surface area is 75.4 Å². The molecule has 0 atom stereocenters. The smallest absolute Gasteiger partial charge is 0.211 e. The summed E-state index contributed by atoms with van der Waals surface area (Å²) < 4.78 is 6.55. The highest BCUT2D eigenvalue weighted by Crippen LogP contribution is 2.03. The molecule has 1 heterocycles. The van der Waals surface area contributed by atoms with Crippen LogP contribution in [0.15, 0.2) is 12.3 Å². The molecule has 3 nitrogen and oxygen atoms in total. The van der Waals surface area contributed by atoms with Crippen LogP contribution in [0.1, 0.15) is 27.7 Å². The van der Waals surface area contributed by atoms with Gasteiger partial charge in [0.05, 0.1) is 13.3 Å². The Hall–Kier alpha value is -0.990. The Bertz CT molecular complexity index is 173. The molecule has 0 aliphatic rings. The Kier molecular flexibility index (Phi) is 11.3. The van der Waals surface area contributed by atoms with Crippen LogP contribution in [-0.4, -0.2) is 16.9 Å². The van der Waals surface area contributed by atoms with Gasteiger partial charge in [-0.1, -0.05) is 27.7 Å². The molecule has 72 valence electrons. The highest BCUT2D eigenvalue weighted by molar-refractivity contribution is 5.05. The third kappa shape index (κ3) is 4.77. The number of ether oxygens (including phenoxy) is 1. The summed E-state index contributed by atoms with van der Waals surface area (Å²) in [6, 6.07) is 1.81. The molecule has 0 aromatic carbocycles. The molecule has 1 aromatic heterocycles. The van der Waals surface area contributed by atoms with Gasteiger partial charge in [0.1, 0.15) is 0 Å². The number of aryl methyl sites for hydroxylation is 1. The Morgan fingerprint density at radius 1 is 1.25 bits per heavy atom. The van der Waals surface area contributed by atoms with Crippen molar-refractivity contribution in [2.75, 3.05) is 7.11 Å². The van der Waals surface area contributed by atoms with E-state index < -0.39 is 0 Å². The van der Waals surface area contributed by atoms with E-state index >= 15 is 0 Å². The summed E-state index contributed by atoms with van der Waals surface area (Å²) in [5.41, 5.74) is 0. The first-order chi connectivity index (χ1) is 5.84. The topological polar surface area (TPSA) is 27.1 Å². The molecule has 0 aliphatic carbocycles. The van der Waals surface area contributed by atoms with Gasteiger partial charge in [0.2, 0.25) is 5.88 Å². The van der Waals surface area contributed by atoms with Crippen molar-refractivity contribution >= 4 is 0 Å². The van der Waals surface area contributed by atoms with E-state index in [1.165, 1.54) is 0 Å². The molecular formula is C9H20N2O. The number of hydrogen-bond acceptors (Lipinski definition) is 2. The molecule has 12 heavy (non-hydrogen) atoms. The molecule has 0 saturated carbocycles. The molecular weight excluding hydrogens is 152 g/mol. The van der Waals surface area contributed by atoms with E-state index in [1.54, 1.807) is 24.1 Å². The quantitative estimate of drug-likeness (QED) is 0.650. The van der Waals surface area contributed by atoms with Crippen LogP contribution in [0.2, 0.25) is 0 Å². The van der Waals surface area contributed by atoms with E-state index in [4.69, 9.17) is 4.74 Å². The van der Waals surface area contributed by atoms with E-state index in [1.807, 2.05) is 34.7 Å². The summed E-state index contributed by atoms with van der Waals surface area (Å²) in [5, 5.41) is 3.88. The fraction of sp³-hybridized carbons (Fsp3) is 0.667. The minimum absolute atomic E-state index is 0.782. The molecule has 0 unspecified atom stereocenters. The summed E-state index contributed by atoms with van der Waals surface area (Å²) in [7, 11) is 3.45. The van der Waals surface area contributed by atoms with E-state index in [0.29, 0.717) is 0 Å². The van der Waals surface area contributed by atoms with Crippen LogP contribution in [0.3, 0.4) is 0 Å². The summed E-state index contributed by atoms with van der Waals surface area (Å²) >= 11 is 0. The molecule has 0 radical (unpaired) electrons. The first-order valence-electron chi connectivity index (χ1n) is 4.36. The zero-order valence-corrected chi connectivity index (χ0v) is 8.96. The average Bonchev–Trinajstić information content (AvgIpc) is 2.58. The second kappa shape index (κ2) is 10.0. The number of methoxy groups -OCH3 is 1. The van der Waals surface area contributed by atoms with Crippen molar-refractivity contribution in [3.8, 4) is 5.88 Å². The Morgan fingerprint density at radius 3 is 1.92 bits per heavy atom. The lowest BCUT2D eigenvalue weighted by Gasteiger charge is -1.95.